The molecule has 5 heterocycles. The molecule has 0 bridgehead atoms. The topological polar surface area (TPSA) is 90.8 Å². The van der Waals surface area contributed by atoms with E-state index in [9.17, 15) is 26.3 Å². The van der Waals surface area contributed by atoms with Gasteiger partial charge in [0.15, 0.2) is 11.3 Å². The molecule has 5 aromatic rings. The highest BCUT2D eigenvalue weighted by Crippen LogP contribution is 2.50. The van der Waals surface area contributed by atoms with E-state index >= 15 is 0 Å². The third kappa shape index (κ3) is 3.29. The molecule has 1 aliphatic heterocycles. The highest BCUT2D eigenvalue weighted by atomic mass is 19.4. The van der Waals surface area contributed by atoms with Crippen LogP contribution in [0.4, 0.5) is 32.2 Å². The number of aryl methyl sites for hydroxylation is 1. The van der Waals surface area contributed by atoms with Crippen LogP contribution in [0.5, 0.6) is 0 Å². The first kappa shape index (κ1) is 22.3. The molecule has 4 aromatic heterocycles. The number of nitrogens with zero attached hydrogens (tertiary/aromatic N) is 8. The number of hydrogen-bond donors (Lipinski definition) is 1. The van der Waals surface area contributed by atoms with Crippen LogP contribution in [0.1, 0.15) is 24.1 Å². The molecule has 1 aromatic carbocycles. The van der Waals surface area contributed by atoms with Crippen molar-refractivity contribution in [1.29, 1.82) is 0 Å². The van der Waals surface area contributed by atoms with E-state index in [-0.39, 0.29) is 17.3 Å². The molecular formula is C21H15F6N9. The Morgan fingerprint density at radius 2 is 1.78 bits per heavy atom. The lowest BCUT2D eigenvalue weighted by Crippen LogP contribution is -2.47. The third-order valence-electron chi connectivity index (χ3n) is 6.18. The van der Waals surface area contributed by atoms with Gasteiger partial charge in [-0.05, 0) is 17.7 Å². The molecule has 0 aliphatic carbocycles. The van der Waals surface area contributed by atoms with Crippen molar-refractivity contribution in [3.63, 3.8) is 0 Å². The van der Waals surface area contributed by atoms with E-state index < -0.39 is 36.4 Å². The summed E-state index contributed by atoms with van der Waals surface area (Å²) in [6, 6.07) is 2.88. The Morgan fingerprint density at radius 1 is 1.03 bits per heavy atom. The van der Waals surface area contributed by atoms with Crippen molar-refractivity contribution in [2.45, 2.75) is 30.6 Å². The van der Waals surface area contributed by atoms with Gasteiger partial charge < -0.3 is 5.32 Å². The molecule has 0 spiro atoms. The second-order valence-electron chi connectivity index (χ2n) is 8.43. The van der Waals surface area contributed by atoms with E-state index in [1.165, 1.54) is 39.9 Å². The van der Waals surface area contributed by atoms with E-state index in [4.69, 9.17) is 0 Å². The van der Waals surface area contributed by atoms with Gasteiger partial charge in [-0.2, -0.15) is 32.1 Å². The summed E-state index contributed by atoms with van der Waals surface area (Å²) in [6.07, 6.45) is -3.55. The number of anilines is 1. The fourth-order valence-corrected chi connectivity index (χ4v) is 4.36. The van der Waals surface area contributed by atoms with E-state index in [0.717, 1.165) is 12.1 Å². The average molecular weight is 507 g/mol. The zero-order chi connectivity index (χ0) is 25.4. The molecule has 1 aliphatic rings. The van der Waals surface area contributed by atoms with Gasteiger partial charge in [-0.15, -0.1) is 5.10 Å². The zero-order valence-corrected chi connectivity index (χ0v) is 18.2. The molecule has 0 unspecified atom stereocenters. The first-order valence-electron chi connectivity index (χ1n) is 10.6. The quantitative estimate of drug-likeness (QED) is 0.366. The summed E-state index contributed by atoms with van der Waals surface area (Å²) in [7, 11) is 1.69. The van der Waals surface area contributed by atoms with Crippen LogP contribution in [0.25, 0.3) is 28.2 Å². The molecule has 6 rings (SSSR count). The Morgan fingerprint density at radius 3 is 2.50 bits per heavy atom. The Labute approximate surface area is 197 Å². The number of rotatable bonds is 3. The van der Waals surface area contributed by atoms with Crippen LogP contribution in [-0.2, 0) is 7.05 Å². The molecule has 0 saturated heterocycles. The lowest BCUT2D eigenvalue weighted by Gasteiger charge is -2.37. The second kappa shape index (κ2) is 7.41. The standard InChI is InChI=1S/C21H15F6N9/c1-34-18-12(8-29-34)19-31-17(33-35(19)9-28-18)14-7-16-30-13(10-2-4-11(22)5-3-10)6-15(36(16)32-14)20(23,24)21(25,26)27/h2-5,7-9,13,15,30H,6H2,1H3/t13-,15+/m1/s1. The van der Waals surface area contributed by atoms with Crippen LogP contribution >= 0.6 is 0 Å². The number of aromatic nitrogens is 8. The predicted octanol–water partition coefficient (Wildman–Crippen LogP) is 4.31. The molecule has 0 radical (unpaired) electrons. The summed E-state index contributed by atoms with van der Waals surface area (Å²) in [5.74, 6) is -5.73. The summed E-state index contributed by atoms with van der Waals surface area (Å²) < 4.78 is 86.4. The van der Waals surface area contributed by atoms with Crippen molar-refractivity contribution in [2.75, 3.05) is 5.32 Å². The number of hydrogen-bond acceptors (Lipinski definition) is 6. The highest BCUT2D eigenvalue weighted by Gasteiger charge is 2.64. The van der Waals surface area contributed by atoms with Crippen LogP contribution in [0.15, 0.2) is 42.9 Å². The van der Waals surface area contributed by atoms with Gasteiger partial charge >= 0.3 is 12.1 Å². The zero-order valence-electron chi connectivity index (χ0n) is 18.2. The molecule has 9 nitrogen and oxygen atoms in total. The molecule has 2 atom stereocenters. The van der Waals surface area contributed by atoms with Crippen LogP contribution in [0.3, 0.4) is 0 Å². The largest absolute Gasteiger partial charge is 0.455 e. The van der Waals surface area contributed by atoms with Crippen molar-refractivity contribution >= 4 is 22.5 Å². The maximum atomic E-state index is 14.7. The number of benzene rings is 1. The fourth-order valence-electron chi connectivity index (χ4n) is 4.36. The van der Waals surface area contributed by atoms with E-state index in [1.54, 1.807) is 7.05 Å². The summed E-state index contributed by atoms with van der Waals surface area (Å²) in [5.41, 5.74) is 1.23. The number of fused-ring (bicyclic) bond motifs is 4. The smallest absolute Gasteiger partial charge is 0.363 e. The predicted molar refractivity (Wildman–Crippen MR) is 114 cm³/mol. The molecule has 0 saturated carbocycles. The van der Waals surface area contributed by atoms with Gasteiger partial charge in [0.05, 0.1) is 17.6 Å². The number of alkyl halides is 5. The van der Waals surface area contributed by atoms with Crippen molar-refractivity contribution in [3.05, 3.63) is 54.2 Å². The summed E-state index contributed by atoms with van der Waals surface area (Å²) in [4.78, 5) is 8.63. The van der Waals surface area contributed by atoms with Crippen LogP contribution in [-0.4, -0.2) is 51.2 Å². The third-order valence-corrected chi connectivity index (χ3v) is 6.18. The lowest BCUT2D eigenvalue weighted by molar-refractivity contribution is -0.301. The van der Waals surface area contributed by atoms with Crippen LogP contribution in [0.2, 0.25) is 0 Å². The molecule has 15 heteroatoms. The summed E-state index contributed by atoms with van der Waals surface area (Å²) >= 11 is 0. The second-order valence-corrected chi connectivity index (χ2v) is 8.43. The van der Waals surface area contributed by atoms with Gasteiger partial charge in [-0.3, -0.25) is 4.68 Å². The van der Waals surface area contributed by atoms with Crippen LogP contribution in [0, 0.1) is 5.82 Å². The minimum absolute atomic E-state index is 0.00394. The van der Waals surface area contributed by atoms with Gasteiger partial charge in [-0.1, -0.05) is 12.1 Å². The van der Waals surface area contributed by atoms with Gasteiger partial charge in [0.1, 0.15) is 29.7 Å². The van der Waals surface area contributed by atoms with Crippen molar-refractivity contribution < 1.29 is 26.3 Å². The molecular weight excluding hydrogens is 492 g/mol. The Balaban J connectivity index is 1.46. The average Bonchev–Trinajstić information content (AvgIpc) is 3.54. The molecule has 186 valence electrons. The fraction of sp³-hybridized carbons (Fsp3) is 0.286. The van der Waals surface area contributed by atoms with E-state index in [1.807, 2.05) is 0 Å². The maximum absolute atomic E-state index is 14.7. The molecule has 0 fully saturated rings. The maximum Gasteiger partial charge on any atom is 0.455 e. The van der Waals surface area contributed by atoms with Crippen LogP contribution < -0.4 is 5.32 Å². The SMILES string of the molecule is Cn1ncc2c1ncn1nc(-c3cc4n(n3)[C@H](C(F)(F)C(F)(F)F)C[C@H](c3ccc(F)cc3)N4)nc21. The monoisotopic (exact) mass is 507 g/mol. The minimum atomic E-state index is -5.81. The molecule has 36 heavy (non-hydrogen) atoms. The first-order chi connectivity index (χ1) is 17.0. The highest BCUT2D eigenvalue weighted by molar-refractivity contribution is 5.88. The number of halogens is 6. The summed E-state index contributed by atoms with van der Waals surface area (Å²) in [6.45, 7) is 0. The van der Waals surface area contributed by atoms with Crippen molar-refractivity contribution in [1.82, 2.24) is 39.1 Å². The van der Waals surface area contributed by atoms with Gasteiger partial charge in [0.25, 0.3) is 0 Å². The summed E-state index contributed by atoms with van der Waals surface area (Å²) in [5, 5.41) is 15.9. The number of nitrogens with one attached hydrogen (secondary N) is 1. The Kier molecular flexibility index (Phi) is 4.59. The van der Waals surface area contributed by atoms with Gasteiger partial charge in [0, 0.05) is 19.5 Å². The van der Waals surface area contributed by atoms with Gasteiger partial charge in [0.2, 0.25) is 5.82 Å². The normalized spacial score (nSPS) is 18.5. The first-order valence-corrected chi connectivity index (χ1v) is 10.6. The molecule has 1 N–H and O–H groups in total. The van der Waals surface area contributed by atoms with Crippen molar-refractivity contribution in [2.24, 2.45) is 7.05 Å². The van der Waals surface area contributed by atoms with E-state index in [2.05, 4.69) is 30.6 Å². The van der Waals surface area contributed by atoms with Crippen molar-refractivity contribution in [3.8, 4) is 11.5 Å². The van der Waals surface area contributed by atoms with Gasteiger partial charge in [-0.25, -0.2) is 23.6 Å². The minimum Gasteiger partial charge on any atom is -0.363 e. The molecule has 0 amide bonds. The van der Waals surface area contributed by atoms with E-state index in [0.29, 0.717) is 26.9 Å². The Bertz CT molecular complexity index is 1600. The lowest BCUT2D eigenvalue weighted by atomic mass is 9.93. The Hall–Kier alpha value is -4.17.